The lowest BCUT2D eigenvalue weighted by Gasteiger charge is -2.48. The molecule has 5 heteroatoms. The first-order valence-corrected chi connectivity index (χ1v) is 10.6. The third kappa shape index (κ3) is 4.15. The van der Waals surface area contributed by atoms with Gasteiger partial charge in [0.1, 0.15) is 0 Å². The number of hydrogen-bond donors (Lipinski definition) is 0. The van der Waals surface area contributed by atoms with Gasteiger partial charge in [-0.15, -0.1) is 11.3 Å². The van der Waals surface area contributed by atoms with E-state index in [2.05, 4.69) is 44.4 Å². The number of carbonyl (C=O) groups is 1. The lowest BCUT2D eigenvalue weighted by Crippen LogP contribution is -2.54. The summed E-state index contributed by atoms with van der Waals surface area (Å²) in [6, 6.07) is 10.5. The van der Waals surface area contributed by atoms with E-state index in [0.717, 1.165) is 45.6 Å². The Morgan fingerprint density at radius 1 is 1.15 bits per heavy atom. The van der Waals surface area contributed by atoms with Gasteiger partial charge in [-0.2, -0.15) is 0 Å². The van der Waals surface area contributed by atoms with Crippen molar-refractivity contribution >= 4 is 17.2 Å². The van der Waals surface area contributed by atoms with E-state index in [4.69, 9.17) is 0 Å². The van der Waals surface area contributed by atoms with Crippen LogP contribution >= 0.6 is 11.3 Å². The molecule has 0 aliphatic carbocycles. The molecule has 2 fully saturated rings. The molecule has 2 saturated heterocycles. The van der Waals surface area contributed by atoms with Gasteiger partial charge < -0.3 is 4.90 Å². The van der Waals surface area contributed by atoms with Crippen molar-refractivity contribution in [3.05, 3.63) is 52.5 Å². The van der Waals surface area contributed by atoms with Crippen molar-refractivity contribution in [2.75, 3.05) is 26.2 Å². The van der Waals surface area contributed by atoms with Gasteiger partial charge in [-0.25, -0.2) is 4.98 Å². The number of aromatic nitrogens is 1. The molecule has 0 saturated carbocycles. The molecule has 0 N–H and O–H groups in total. The Balaban J connectivity index is 1.38. The Labute approximate surface area is 159 Å². The average Bonchev–Trinajstić information content (AvgIpc) is 3.17. The number of amides is 1. The van der Waals surface area contributed by atoms with Crippen LogP contribution in [0, 0.1) is 5.41 Å². The fourth-order valence-electron chi connectivity index (χ4n) is 4.54. The van der Waals surface area contributed by atoms with Crippen molar-refractivity contribution in [3.8, 4) is 0 Å². The van der Waals surface area contributed by atoms with Gasteiger partial charge in [-0.1, -0.05) is 30.3 Å². The molecule has 26 heavy (non-hydrogen) atoms. The fraction of sp³-hybridized carbons (Fsp3) is 0.524. The molecule has 3 heterocycles. The van der Waals surface area contributed by atoms with E-state index >= 15 is 0 Å². The zero-order valence-electron chi connectivity index (χ0n) is 15.3. The minimum Gasteiger partial charge on any atom is -0.342 e. The van der Waals surface area contributed by atoms with Gasteiger partial charge in [-0.05, 0) is 37.8 Å². The van der Waals surface area contributed by atoms with Gasteiger partial charge in [0.05, 0.1) is 11.2 Å². The van der Waals surface area contributed by atoms with Crippen LogP contribution in [0.5, 0.6) is 0 Å². The first-order chi connectivity index (χ1) is 12.7. The van der Waals surface area contributed by atoms with E-state index in [-0.39, 0.29) is 5.41 Å². The molecule has 1 spiro atoms. The maximum absolute atomic E-state index is 12.5. The summed E-state index contributed by atoms with van der Waals surface area (Å²) >= 11 is 1.67. The van der Waals surface area contributed by atoms with Crippen molar-refractivity contribution < 1.29 is 4.79 Å². The van der Waals surface area contributed by atoms with Crippen molar-refractivity contribution in [1.82, 2.24) is 14.8 Å². The van der Waals surface area contributed by atoms with Gasteiger partial charge in [0.2, 0.25) is 5.91 Å². The molecular formula is C21H27N3OS. The monoisotopic (exact) mass is 369 g/mol. The largest absolute Gasteiger partial charge is 0.342 e. The summed E-state index contributed by atoms with van der Waals surface area (Å²) in [7, 11) is 0. The van der Waals surface area contributed by atoms with Crippen molar-refractivity contribution in [1.29, 1.82) is 0 Å². The molecule has 0 radical (unpaired) electrons. The van der Waals surface area contributed by atoms with E-state index < -0.39 is 0 Å². The summed E-state index contributed by atoms with van der Waals surface area (Å²) in [6.45, 7) is 4.96. The highest BCUT2D eigenvalue weighted by Gasteiger charge is 2.41. The first kappa shape index (κ1) is 17.7. The molecule has 4 nitrogen and oxygen atoms in total. The molecule has 1 unspecified atom stereocenters. The second kappa shape index (κ2) is 7.89. The summed E-state index contributed by atoms with van der Waals surface area (Å²) in [5.41, 5.74) is 4.69. The lowest BCUT2D eigenvalue weighted by molar-refractivity contribution is -0.139. The van der Waals surface area contributed by atoms with Crippen LogP contribution in [0.25, 0.3) is 0 Å². The van der Waals surface area contributed by atoms with Crippen LogP contribution < -0.4 is 0 Å². The minimum atomic E-state index is 0.277. The number of rotatable bonds is 5. The molecule has 2 aliphatic heterocycles. The summed E-state index contributed by atoms with van der Waals surface area (Å²) in [5.74, 6) is 0.336. The summed E-state index contributed by atoms with van der Waals surface area (Å²) in [4.78, 5) is 21.6. The topological polar surface area (TPSA) is 36.4 Å². The average molecular weight is 370 g/mol. The Morgan fingerprint density at radius 2 is 2.04 bits per heavy atom. The van der Waals surface area contributed by atoms with Gasteiger partial charge in [0.15, 0.2) is 0 Å². The van der Waals surface area contributed by atoms with E-state index in [1.807, 2.05) is 11.6 Å². The van der Waals surface area contributed by atoms with Gasteiger partial charge in [0.25, 0.3) is 0 Å². The number of hydrogen-bond acceptors (Lipinski definition) is 4. The lowest BCUT2D eigenvalue weighted by atomic mass is 9.73. The second-order valence-corrected chi connectivity index (χ2v) is 8.56. The second-order valence-electron chi connectivity index (χ2n) is 7.84. The Morgan fingerprint density at radius 3 is 2.85 bits per heavy atom. The number of piperidine rings is 2. The predicted molar refractivity (Wildman–Crippen MR) is 105 cm³/mol. The normalized spacial score (nSPS) is 24.3. The quantitative estimate of drug-likeness (QED) is 0.808. The maximum Gasteiger partial charge on any atom is 0.222 e. The van der Waals surface area contributed by atoms with Crippen molar-refractivity contribution in [2.45, 2.75) is 38.6 Å². The van der Waals surface area contributed by atoms with Crippen LogP contribution in [-0.2, 0) is 17.8 Å². The Bertz CT molecular complexity index is 718. The van der Waals surface area contributed by atoms with Crippen LogP contribution in [-0.4, -0.2) is 46.9 Å². The van der Waals surface area contributed by atoms with Crippen molar-refractivity contribution in [3.63, 3.8) is 0 Å². The van der Waals surface area contributed by atoms with E-state index in [0.29, 0.717) is 12.3 Å². The third-order valence-corrected chi connectivity index (χ3v) is 6.51. The molecule has 2 aliphatic rings. The zero-order valence-corrected chi connectivity index (χ0v) is 16.1. The number of benzene rings is 1. The van der Waals surface area contributed by atoms with Crippen molar-refractivity contribution in [2.24, 2.45) is 5.41 Å². The summed E-state index contributed by atoms with van der Waals surface area (Å²) in [5, 5.41) is 2.15. The number of nitrogens with zero attached hydrogens (tertiary/aromatic N) is 3. The molecule has 1 aromatic carbocycles. The molecule has 4 rings (SSSR count). The van der Waals surface area contributed by atoms with Gasteiger partial charge in [0, 0.05) is 43.4 Å². The molecular weight excluding hydrogens is 342 g/mol. The third-order valence-electron chi connectivity index (χ3n) is 5.87. The molecule has 0 bridgehead atoms. The summed E-state index contributed by atoms with van der Waals surface area (Å²) < 4.78 is 0. The van der Waals surface area contributed by atoms with Gasteiger partial charge in [-0.3, -0.25) is 9.69 Å². The number of likely N-dealkylation sites (tertiary alicyclic amines) is 2. The van der Waals surface area contributed by atoms with Crippen LogP contribution in [0.15, 0.2) is 41.2 Å². The van der Waals surface area contributed by atoms with Crippen LogP contribution in [0.3, 0.4) is 0 Å². The highest BCUT2D eigenvalue weighted by Crippen LogP contribution is 2.39. The first-order valence-electron chi connectivity index (χ1n) is 9.64. The fourth-order valence-corrected chi connectivity index (χ4v) is 5.09. The molecule has 138 valence electrons. The van der Waals surface area contributed by atoms with Crippen LogP contribution in [0.2, 0.25) is 0 Å². The van der Waals surface area contributed by atoms with E-state index in [9.17, 15) is 4.79 Å². The van der Waals surface area contributed by atoms with E-state index in [1.165, 1.54) is 24.1 Å². The van der Waals surface area contributed by atoms with Gasteiger partial charge >= 0.3 is 0 Å². The summed E-state index contributed by atoms with van der Waals surface area (Å²) in [6.07, 6.45) is 5.17. The molecule has 2 aromatic rings. The maximum atomic E-state index is 12.5. The smallest absolute Gasteiger partial charge is 0.222 e. The number of carbonyl (C=O) groups excluding carboxylic acids is 1. The molecule has 1 amide bonds. The SMILES string of the molecule is O=C1CCC2(CCCN(Cc3cscn3)C2)CN1CCc1ccccc1. The Kier molecular flexibility index (Phi) is 5.36. The minimum absolute atomic E-state index is 0.277. The highest BCUT2D eigenvalue weighted by atomic mass is 32.1. The van der Waals surface area contributed by atoms with Crippen LogP contribution in [0.1, 0.15) is 36.9 Å². The number of thiazole rings is 1. The highest BCUT2D eigenvalue weighted by molar-refractivity contribution is 7.07. The van der Waals surface area contributed by atoms with E-state index in [1.54, 1.807) is 11.3 Å². The molecule has 1 aromatic heterocycles. The zero-order chi connectivity index (χ0) is 17.8. The predicted octanol–water partition coefficient (Wildman–Crippen LogP) is 3.59. The van der Waals surface area contributed by atoms with Crippen LogP contribution in [0.4, 0.5) is 0 Å². The standard InChI is InChI=1S/C21H27N3OS/c25-20-7-10-21(16-24(20)12-8-18-5-2-1-3-6-18)9-4-11-23(15-21)13-19-14-26-17-22-19/h1-3,5-6,14,17H,4,7-13,15-16H2. The molecule has 1 atom stereocenters. The Hall–Kier alpha value is -1.72.